The summed E-state index contributed by atoms with van der Waals surface area (Å²) in [5.74, 6) is 2.04. The number of esters is 1. The molecule has 3 rings (SSSR count). The number of hydrogen-bond donors (Lipinski definition) is 1. The summed E-state index contributed by atoms with van der Waals surface area (Å²) in [6.45, 7) is 9.61. The minimum atomic E-state index is -0.336. The largest absolute Gasteiger partial charge is 0.462 e. The molecule has 0 aromatic carbocycles. The Morgan fingerprint density at radius 1 is 1.23 bits per heavy atom. The van der Waals surface area contributed by atoms with Crippen molar-refractivity contribution in [1.29, 1.82) is 0 Å². The second kappa shape index (κ2) is 7.36. The quantitative estimate of drug-likeness (QED) is 0.650. The van der Waals surface area contributed by atoms with Gasteiger partial charge in [0.05, 0.1) is 18.0 Å². The van der Waals surface area contributed by atoms with E-state index in [1.807, 2.05) is 20.8 Å². The molecule has 0 radical (unpaired) electrons. The van der Waals surface area contributed by atoms with Crippen LogP contribution in [0.3, 0.4) is 0 Å². The molecule has 9 heteroatoms. The van der Waals surface area contributed by atoms with Gasteiger partial charge in [-0.2, -0.15) is 4.98 Å². The molecule has 1 unspecified atom stereocenters. The van der Waals surface area contributed by atoms with E-state index in [-0.39, 0.29) is 12.0 Å². The highest BCUT2D eigenvalue weighted by molar-refractivity contribution is 7.20. The summed E-state index contributed by atoms with van der Waals surface area (Å²) in [5.41, 5.74) is 0.810. The van der Waals surface area contributed by atoms with E-state index in [2.05, 4.69) is 25.4 Å². The molecule has 1 atom stereocenters. The van der Waals surface area contributed by atoms with E-state index < -0.39 is 0 Å². The van der Waals surface area contributed by atoms with Gasteiger partial charge in [0.25, 0.3) is 0 Å². The number of fused-ring (bicyclic) bond motifs is 1. The first-order chi connectivity index (χ1) is 12.4. The minimum absolute atomic E-state index is 0.157. The number of rotatable bonds is 6. The first-order valence-corrected chi connectivity index (χ1v) is 9.27. The van der Waals surface area contributed by atoms with Crippen LogP contribution in [0.25, 0.3) is 10.2 Å². The molecule has 3 heterocycles. The highest BCUT2D eigenvalue weighted by Gasteiger charge is 2.23. The summed E-state index contributed by atoms with van der Waals surface area (Å²) in [6.07, 6.45) is 0.747. The number of thiophene rings is 1. The molecule has 3 aromatic rings. The first-order valence-electron chi connectivity index (χ1n) is 8.46. The van der Waals surface area contributed by atoms with Gasteiger partial charge in [0.15, 0.2) is 5.82 Å². The van der Waals surface area contributed by atoms with Gasteiger partial charge in [-0.1, -0.05) is 12.1 Å². The fourth-order valence-electron chi connectivity index (χ4n) is 2.71. The van der Waals surface area contributed by atoms with E-state index in [9.17, 15) is 4.79 Å². The van der Waals surface area contributed by atoms with Crippen LogP contribution in [0, 0.1) is 20.8 Å². The van der Waals surface area contributed by atoms with Gasteiger partial charge in [0.1, 0.15) is 21.3 Å². The monoisotopic (exact) mass is 375 g/mol. The third-order valence-electron chi connectivity index (χ3n) is 3.94. The third-order valence-corrected chi connectivity index (χ3v) is 5.10. The van der Waals surface area contributed by atoms with Crippen LogP contribution in [0.1, 0.15) is 59.1 Å². The number of hydrogen-bond acceptors (Lipinski definition) is 9. The summed E-state index contributed by atoms with van der Waals surface area (Å²) < 4.78 is 10.2. The van der Waals surface area contributed by atoms with E-state index >= 15 is 0 Å². The van der Waals surface area contributed by atoms with Gasteiger partial charge in [-0.15, -0.1) is 11.3 Å². The molecule has 0 spiro atoms. The maximum Gasteiger partial charge on any atom is 0.348 e. The van der Waals surface area contributed by atoms with Gasteiger partial charge in [-0.05, 0) is 32.8 Å². The molecule has 26 heavy (non-hydrogen) atoms. The fourth-order valence-corrected chi connectivity index (χ4v) is 3.83. The topological polar surface area (TPSA) is 103 Å². The van der Waals surface area contributed by atoms with Crippen molar-refractivity contribution in [3.8, 4) is 0 Å². The predicted molar refractivity (Wildman–Crippen MR) is 98.5 cm³/mol. The van der Waals surface area contributed by atoms with Crippen LogP contribution < -0.4 is 5.32 Å². The van der Waals surface area contributed by atoms with E-state index in [1.165, 1.54) is 11.3 Å². The van der Waals surface area contributed by atoms with Crippen LogP contribution in [0.15, 0.2) is 4.52 Å². The molecule has 0 aliphatic heterocycles. The Morgan fingerprint density at radius 2 is 2.00 bits per heavy atom. The average molecular weight is 375 g/mol. The zero-order valence-electron chi connectivity index (χ0n) is 15.4. The lowest BCUT2D eigenvalue weighted by atomic mass is 10.1. The highest BCUT2D eigenvalue weighted by atomic mass is 32.1. The Bertz CT molecular complexity index is 949. The lowest BCUT2D eigenvalue weighted by Crippen LogP contribution is -2.13. The van der Waals surface area contributed by atoms with Crippen molar-refractivity contribution >= 4 is 33.3 Å². The Balaban J connectivity index is 2.05. The van der Waals surface area contributed by atoms with Gasteiger partial charge in [-0.3, -0.25) is 0 Å². The van der Waals surface area contributed by atoms with Crippen LogP contribution in [-0.4, -0.2) is 32.7 Å². The number of nitrogens with one attached hydrogen (secondary N) is 1. The second-order valence-electron chi connectivity index (χ2n) is 5.85. The zero-order chi connectivity index (χ0) is 18.8. The van der Waals surface area contributed by atoms with Gasteiger partial charge in [-0.25, -0.2) is 14.8 Å². The van der Waals surface area contributed by atoms with Crippen molar-refractivity contribution in [2.24, 2.45) is 0 Å². The molecule has 0 saturated heterocycles. The molecule has 1 N–H and O–H groups in total. The van der Waals surface area contributed by atoms with E-state index in [0.717, 1.165) is 22.2 Å². The van der Waals surface area contributed by atoms with Crippen LogP contribution in [0.4, 0.5) is 5.82 Å². The highest BCUT2D eigenvalue weighted by Crippen LogP contribution is 2.35. The van der Waals surface area contributed by atoms with Crippen molar-refractivity contribution in [1.82, 2.24) is 20.1 Å². The molecule has 0 saturated carbocycles. The first kappa shape index (κ1) is 18.2. The molecule has 138 valence electrons. The summed E-state index contributed by atoms with van der Waals surface area (Å²) in [5, 5.41) is 8.21. The SMILES string of the molecule is CCOC(=O)c1sc2nc(C)nc(NC(CC)c3noc(C)n3)c2c1C. The zero-order valence-corrected chi connectivity index (χ0v) is 16.2. The van der Waals surface area contributed by atoms with Crippen molar-refractivity contribution in [3.05, 3.63) is 28.0 Å². The number of ether oxygens (including phenoxy) is 1. The Labute approximate surface area is 155 Å². The predicted octanol–water partition coefficient (Wildman–Crippen LogP) is 3.74. The Hall–Kier alpha value is -2.55. The van der Waals surface area contributed by atoms with Crippen molar-refractivity contribution in [2.45, 2.75) is 47.1 Å². The molecule has 8 nitrogen and oxygen atoms in total. The van der Waals surface area contributed by atoms with Gasteiger partial charge < -0.3 is 14.6 Å². The van der Waals surface area contributed by atoms with Gasteiger partial charge in [0, 0.05) is 6.92 Å². The number of carbonyl (C=O) groups excluding carboxylic acids is 1. The number of aryl methyl sites for hydroxylation is 3. The minimum Gasteiger partial charge on any atom is -0.462 e. The van der Waals surface area contributed by atoms with E-state index in [4.69, 9.17) is 9.26 Å². The Kier molecular flexibility index (Phi) is 5.17. The molecular weight excluding hydrogens is 354 g/mol. The van der Waals surface area contributed by atoms with Crippen molar-refractivity contribution in [2.75, 3.05) is 11.9 Å². The van der Waals surface area contributed by atoms with Crippen molar-refractivity contribution < 1.29 is 14.1 Å². The maximum atomic E-state index is 12.2. The van der Waals surface area contributed by atoms with Crippen LogP contribution in [-0.2, 0) is 4.74 Å². The lowest BCUT2D eigenvalue weighted by Gasteiger charge is -2.15. The summed E-state index contributed by atoms with van der Waals surface area (Å²) in [7, 11) is 0. The van der Waals surface area contributed by atoms with E-state index in [0.29, 0.717) is 34.8 Å². The summed E-state index contributed by atoms with van der Waals surface area (Å²) in [4.78, 5) is 26.9. The molecule has 0 bridgehead atoms. The molecule has 0 fully saturated rings. The summed E-state index contributed by atoms with van der Waals surface area (Å²) in [6, 6.07) is -0.157. The number of nitrogens with zero attached hydrogens (tertiary/aromatic N) is 4. The molecule has 0 aliphatic carbocycles. The standard InChI is InChI=1S/C17H21N5O3S/c1-6-11(14-20-10(5)25-22-14)21-15-12-8(3)13(17(23)24-7-2)26-16(12)19-9(4)18-15/h11H,6-7H2,1-5H3,(H,18,19,21). The van der Waals surface area contributed by atoms with Crippen LogP contribution >= 0.6 is 11.3 Å². The normalized spacial score (nSPS) is 12.3. The van der Waals surface area contributed by atoms with Crippen molar-refractivity contribution in [3.63, 3.8) is 0 Å². The van der Waals surface area contributed by atoms with Crippen LogP contribution in [0.5, 0.6) is 0 Å². The average Bonchev–Trinajstić information content (AvgIpc) is 3.16. The van der Waals surface area contributed by atoms with Gasteiger partial charge >= 0.3 is 5.97 Å². The molecule has 0 amide bonds. The number of anilines is 1. The van der Waals surface area contributed by atoms with Gasteiger partial charge in [0.2, 0.25) is 5.89 Å². The second-order valence-corrected chi connectivity index (χ2v) is 6.85. The molecular formula is C17H21N5O3S. The smallest absolute Gasteiger partial charge is 0.348 e. The fraction of sp³-hybridized carbons (Fsp3) is 0.471. The molecule has 0 aliphatic rings. The number of aromatic nitrogens is 4. The van der Waals surface area contributed by atoms with E-state index in [1.54, 1.807) is 13.8 Å². The lowest BCUT2D eigenvalue weighted by molar-refractivity contribution is 0.0531. The van der Waals surface area contributed by atoms with Crippen LogP contribution in [0.2, 0.25) is 0 Å². The third kappa shape index (κ3) is 3.39. The molecule has 3 aromatic heterocycles. The maximum absolute atomic E-state index is 12.2. The number of carbonyl (C=O) groups is 1. The Morgan fingerprint density at radius 3 is 2.62 bits per heavy atom. The summed E-state index contributed by atoms with van der Waals surface area (Å²) >= 11 is 1.32.